The summed E-state index contributed by atoms with van der Waals surface area (Å²) in [5.41, 5.74) is 2.24. The van der Waals surface area contributed by atoms with Gasteiger partial charge in [0.25, 0.3) is 5.91 Å². The smallest absolute Gasteiger partial charge is 0.291 e. The summed E-state index contributed by atoms with van der Waals surface area (Å²) < 4.78 is 18.5. The normalized spacial score (nSPS) is 14.6. The third-order valence-electron chi connectivity index (χ3n) is 5.08. The van der Waals surface area contributed by atoms with E-state index in [0.717, 1.165) is 11.1 Å². The number of hydrogen-bond acceptors (Lipinski definition) is 4. The van der Waals surface area contributed by atoms with E-state index in [1.807, 2.05) is 30.3 Å². The quantitative estimate of drug-likeness (QED) is 0.728. The van der Waals surface area contributed by atoms with Crippen LogP contribution in [-0.4, -0.2) is 34.8 Å². The lowest BCUT2D eigenvalue weighted by Gasteiger charge is -2.30. The van der Waals surface area contributed by atoms with Gasteiger partial charge in [-0.25, -0.2) is 9.37 Å². The molecule has 2 heterocycles. The molecule has 6 nitrogen and oxygen atoms in total. The maximum atomic E-state index is 13.5. The van der Waals surface area contributed by atoms with Gasteiger partial charge in [0.15, 0.2) is 6.39 Å². The van der Waals surface area contributed by atoms with E-state index in [0.29, 0.717) is 31.6 Å². The fourth-order valence-corrected chi connectivity index (χ4v) is 3.51. The molecule has 0 unspecified atom stereocenters. The summed E-state index contributed by atoms with van der Waals surface area (Å²) in [5, 5.41) is 2.94. The highest BCUT2D eigenvalue weighted by molar-refractivity contribution is 5.94. The van der Waals surface area contributed by atoms with E-state index in [9.17, 15) is 14.0 Å². The van der Waals surface area contributed by atoms with Gasteiger partial charge in [-0.3, -0.25) is 9.59 Å². The zero-order chi connectivity index (χ0) is 20.2. The Morgan fingerprint density at radius 3 is 2.48 bits per heavy atom. The predicted octanol–water partition coefficient (Wildman–Crippen LogP) is 3.97. The molecular formula is C22H20FN3O3. The Morgan fingerprint density at radius 2 is 1.79 bits per heavy atom. The molecule has 1 aliphatic rings. The van der Waals surface area contributed by atoms with Crippen LogP contribution in [0.3, 0.4) is 0 Å². The highest BCUT2D eigenvalue weighted by Gasteiger charge is 2.29. The molecule has 0 atom stereocenters. The van der Waals surface area contributed by atoms with Crippen LogP contribution in [0.2, 0.25) is 0 Å². The van der Waals surface area contributed by atoms with Gasteiger partial charge in [0.1, 0.15) is 5.82 Å². The lowest BCUT2D eigenvalue weighted by Crippen LogP contribution is -2.41. The van der Waals surface area contributed by atoms with Gasteiger partial charge in [0.2, 0.25) is 11.7 Å². The second-order valence-corrected chi connectivity index (χ2v) is 7.01. The molecule has 4 rings (SSSR count). The van der Waals surface area contributed by atoms with Crippen molar-refractivity contribution in [1.29, 1.82) is 0 Å². The van der Waals surface area contributed by atoms with Crippen molar-refractivity contribution in [2.24, 2.45) is 5.92 Å². The number of nitrogens with one attached hydrogen (secondary N) is 1. The third kappa shape index (κ3) is 4.34. The van der Waals surface area contributed by atoms with Crippen LogP contribution in [0, 0.1) is 11.7 Å². The number of benzene rings is 2. The first kappa shape index (κ1) is 18.9. The van der Waals surface area contributed by atoms with Gasteiger partial charge in [0, 0.05) is 24.7 Å². The van der Waals surface area contributed by atoms with Gasteiger partial charge in [-0.05, 0) is 48.2 Å². The van der Waals surface area contributed by atoms with Crippen molar-refractivity contribution in [3.8, 4) is 11.1 Å². The van der Waals surface area contributed by atoms with E-state index < -0.39 is 0 Å². The minimum absolute atomic E-state index is 0.0758. The Balaban J connectivity index is 1.37. The number of amides is 2. The van der Waals surface area contributed by atoms with Gasteiger partial charge >= 0.3 is 0 Å². The Hall–Kier alpha value is -3.48. The molecule has 29 heavy (non-hydrogen) atoms. The molecule has 148 valence electrons. The molecule has 0 saturated carbocycles. The first-order valence-electron chi connectivity index (χ1n) is 9.45. The molecule has 1 N–H and O–H groups in total. The number of carbonyl (C=O) groups excluding carboxylic acids is 2. The molecule has 1 saturated heterocycles. The number of nitrogens with zero attached hydrogens (tertiary/aromatic N) is 2. The first-order valence-corrected chi connectivity index (χ1v) is 9.45. The molecular weight excluding hydrogens is 373 g/mol. The summed E-state index contributed by atoms with van der Waals surface area (Å²) in [6, 6.07) is 13.7. The molecule has 0 bridgehead atoms. The van der Waals surface area contributed by atoms with Crippen molar-refractivity contribution in [2.75, 3.05) is 18.4 Å². The molecule has 7 heteroatoms. The lowest BCUT2D eigenvalue weighted by molar-refractivity contribution is -0.121. The standard InChI is InChI=1S/C22H20FN3O3/c23-18-5-1-3-16(11-18)17-4-2-6-19(12-17)25-21(27)15-7-9-26(10-8-15)22(28)20-13-24-14-29-20/h1-6,11-15H,7-10H2,(H,25,27). The molecule has 2 aromatic carbocycles. The van der Waals surface area contributed by atoms with Crippen molar-refractivity contribution in [1.82, 2.24) is 9.88 Å². The van der Waals surface area contributed by atoms with Crippen LogP contribution >= 0.6 is 0 Å². The van der Waals surface area contributed by atoms with Crippen LogP contribution in [0.4, 0.5) is 10.1 Å². The molecule has 0 spiro atoms. The van der Waals surface area contributed by atoms with E-state index in [2.05, 4.69) is 10.3 Å². The lowest BCUT2D eigenvalue weighted by atomic mass is 9.95. The maximum Gasteiger partial charge on any atom is 0.291 e. The van der Waals surface area contributed by atoms with Gasteiger partial charge in [0.05, 0.1) is 6.20 Å². The van der Waals surface area contributed by atoms with Crippen molar-refractivity contribution in [3.63, 3.8) is 0 Å². The SMILES string of the molecule is O=C(Nc1cccc(-c2cccc(F)c2)c1)C1CCN(C(=O)c2cnco2)CC1. The molecule has 3 aromatic rings. The Kier molecular flexibility index (Phi) is 5.37. The average Bonchev–Trinajstić information content (AvgIpc) is 3.28. The summed E-state index contributed by atoms with van der Waals surface area (Å²) in [6.45, 7) is 0.974. The second kappa shape index (κ2) is 8.26. The number of likely N-dealkylation sites (tertiary alicyclic amines) is 1. The van der Waals surface area contributed by atoms with E-state index >= 15 is 0 Å². The monoisotopic (exact) mass is 393 g/mol. The minimum Gasteiger partial charge on any atom is -0.438 e. The number of aromatic nitrogens is 1. The number of carbonyl (C=O) groups is 2. The summed E-state index contributed by atoms with van der Waals surface area (Å²) in [7, 11) is 0. The predicted molar refractivity (Wildman–Crippen MR) is 106 cm³/mol. The topological polar surface area (TPSA) is 75.4 Å². The van der Waals surface area contributed by atoms with Crippen molar-refractivity contribution >= 4 is 17.5 Å². The molecule has 0 aliphatic carbocycles. The summed E-state index contributed by atoms with van der Waals surface area (Å²) in [6.07, 6.45) is 3.78. The molecule has 1 aliphatic heterocycles. The third-order valence-corrected chi connectivity index (χ3v) is 5.08. The number of rotatable bonds is 4. The number of oxazole rings is 1. The van der Waals surface area contributed by atoms with Crippen LogP contribution in [0.15, 0.2) is 65.5 Å². The van der Waals surface area contributed by atoms with Crippen LogP contribution in [0.25, 0.3) is 11.1 Å². The van der Waals surface area contributed by atoms with E-state index in [4.69, 9.17) is 4.42 Å². The zero-order valence-electron chi connectivity index (χ0n) is 15.7. The maximum absolute atomic E-state index is 13.5. The van der Waals surface area contributed by atoms with Gasteiger partial charge < -0.3 is 14.6 Å². The van der Waals surface area contributed by atoms with E-state index in [1.54, 1.807) is 11.0 Å². The Bertz CT molecular complexity index is 1010. The van der Waals surface area contributed by atoms with Gasteiger partial charge in [-0.15, -0.1) is 0 Å². The number of hydrogen-bond donors (Lipinski definition) is 1. The molecule has 1 fully saturated rings. The summed E-state index contributed by atoms with van der Waals surface area (Å²) in [4.78, 5) is 30.4. The number of halogens is 1. The zero-order valence-corrected chi connectivity index (χ0v) is 15.7. The van der Waals surface area contributed by atoms with Crippen molar-refractivity contribution in [2.45, 2.75) is 12.8 Å². The Labute approximate surface area is 167 Å². The van der Waals surface area contributed by atoms with Gasteiger partial charge in [-0.2, -0.15) is 0 Å². The number of anilines is 1. The summed E-state index contributed by atoms with van der Waals surface area (Å²) >= 11 is 0. The largest absolute Gasteiger partial charge is 0.438 e. The van der Waals surface area contributed by atoms with Gasteiger partial charge in [-0.1, -0.05) is 24.3 Å². The van der Waals surface area contributed by atoms with Crippen LogP contribution in [0.5, 0.6) is 0 Å². The highest BCUT2D eigenvalue weighted by atomic mass is 19.1. The highest BCUT2D eigenvalue weighted by Crippen LogP contribution is 2.25. The van der Waals surface area contributed by atoms with Crippen molar-refractivity contribution in [3.05, 3.63) is 72.7 Å². The minimum atomic E-state index is -0.302. The van der Waals surface area contributed by atoms with Crippen LogP contribution < -0.4 is 5.32 Å². The van der Waals surface area contributed by atoms with Crippen molar-refractivity contribution < 1.29 is 18.4 Å². The molecule has 0 radical (unpaired) electrons. The van der Waals surface area contributed by atoms with Crippen LogP contribution in [-0.2, 0) is 4.79 Å². The molecule has 2 amide bonds. The second-order valence-electron chi connectivity index (χ2n) is 7.01. The first-order chi connectivity index (χ1) is 14.1. The number of piperidine rings is 1. The Morgan fingerprint density at radius 1 is 1.07 bits per heavy atom. The molecule has 1 aromatic heterocycles. The van der Waals surface area contributed by atoms with Crippen LogP contribution in [0.1, 0.15) is 23.4 Å². The fraction of sp³-hybridized carbons (Fsp3) is 0.227. The average molecular weight is 393 g/mol. The van der Waals surface area contributed by atoms with E-state index in [-0.39, 0.29) is 29.3 Å². The van der Waals surface area contributed by atoms with E-state index in [1.165, 1.54) is 24.7 Å². The fourth-order valence-electron chi connectivity index (χ4n) is 3.51. The summed E-state index contributed by atoms with van der Waals surface area (Å²) in [5.74, 6) is -0.547.